The van der Waals surface area contributed by atoms with Gasteiger partial charge in [-0.2, -0.15) is 0 Å². The molecule has 0 aromatic carbocycles. The summed E-state index contributed by atoms with van der Waals surface area (Å²) in [6.07, 6.45) is 7.19. The van der Waals surface area contributed by atoms with Crippen LogP contribution in [0.25, 0.3) is 28.1 Å². The highest BCUT2D eigenvalue weighted by Gasteiger charge is 2.20. The molecule has 9 heteroatoms. The van der Waals surface area contributed by atoms with E-state index in [0.717, 1.165) is 54.2 Å². The second kappa shape index (κ2) is 8.40. The predicted octanol–water partition coefficient (Wildman–Crippen LogP) is 2.89. The van der Waals surface area contributed by atoms with Crippen molar-refractivity contribution >= 4 is 22.4 Å². The number of imidazole rings is 1. The fourth-order valence-electron chi connectivity index (χ4n) is 4.46. The third-order valence-corrected chi connectivity index (χ3v) is 6.17. The molecule has 1 N–H and O–H groups in total. The first kappa shape index (κ1) is 19.5. The quantitative estimate of drug-likeness (QED) is 0.513. The molecule has 0 radical (unpaired) electrons. The number of hydrogen-bond acceptors (Lipinski definition) is 8. The molecule has 1 unspecified atom stereocenters. The Morgan fingerprint density at radius 1 is 1.12 bits per heavy atom. The number of anilines is 1. The molecule has 166 valence electrons. The van der Waals surface area contributed by atoms with Gasteiger partial charge in [0.05, 0.1) is 24.8 Å². The van der Waals surface area contributed by atoms with Gasteiger partial charge in [-0.05, 0) is 37.6 Å². The van der Waals surface area contributed by atoms with Gasteiger partial charge < -0.3 is 24.1 Å². The van der Waals surface area contributed by atoms with E-state index in [1.807, 2.05) is 24.3 Å². The van der Waals surface area contributed by atoms with Crippen LogP contribution < -0.4 is 15.0 Å². The van der Waals surface area contributed by atoms with Gasteiger partial charge in [0.25, 0.3) is 0 Å². The lowest BCUT2D eigenvalue weighted by molar-refractivity contribution is 0.122. The smallest absolute Gasteiger partial charge is 0.231 e. The van der Waals surface area contributed by atoms with Crippen LogP contribution in [0.4, 0.5) is 5.82 Å². The molecule has 4 aromatic rings. The molecule has 32 heavy (non-hydrogen) atoms. The Morgan fingerprint density at radius 3 is 2.94 bits per heavy atom. The molecule has 1 atom stereocenters. The van der Waals surface area contributed by atoms with Gasteiger partial charge >= 0.3 is 0 Å². The molecule has 0 bridgehead atoms. The van der Waals surface area contributed by atoms with Crippen molar-refractivity contribution in [2.24, 2.45) is 0 Å². The van der Waals surface area contributed by atoms with Crippen LogP contribution in [0.1, 0.15) is 19.3 Å². The second-order valence-corrected chi connectivity index (χ2v) is 8.30. The van der Waals surface area contributed by atoms with E-state index < -0.39 is 0 Å². The molecular formula is C23H26N6O3. The summed E-state index contributed by atoms with van der Waals surface area (Å²) in [6, 6.07) is 8.09. The van der Waals surface area contributed by atoms with Gasteiger partial charge in [-0.25, -0.2) is 14.5 Å². The number of pyridine rings is 1. The van der Waals surface area contributed by atoms with E-state index in [9.17, 15) is 0 Å². The number of piperidine rings is 1. The second-order valence-electron chi connectivity index (χ2n) is 8.30. The molecule has 2 aliphatic heterocycles. The molecule has 9 nitrogen and oxygen atoms in total. The molecule has 2 fully saturated rings. The highest BCUT2D eigenvalue weighted by molar-refractivity contribution is 5.92. The van der Waals surface area contributed by atoms with Crippen LogP contribution in [0.15, 0.2) is 41.1 Å². The summed E-state index contributed by atoms with van der Waals surface area (Å²) >= 11 is 0. The van der Waals surface area contributed by atoms with E-state index in [0.29, 0.717) is 37.5 Å². The van der Waals surface area contributed by atoms with E-state index >= 15 is 0 Å². The number of ether oxygens (including phenoxy) is 2. The van der Waals surface area contributed by atoms with Crippen LogP contribution >= 0.6 is 0 Å². The normalized spacial score (nSPS) is 19.6. The van der Waals surface area contributed by atoms with Crippen LogP contribution in [0.5, 0.6) is 5.88 Å². The van der Waals surface area contributed by atoms with E-state index in [1.54, 1.807) is 16.9 Å². The maximum Gasteiger partial charge on any atom is 0.231 e. The highest BCUT2D eigenvalue weighted by Crippen LogP contribution is 2.33. The number of nitrogens with one attached hydrogen (secondary N) is 1. The minimum atomic E-state index is 0.380. The van der Waals surface area contributed by atoms with Gasteiger partial charge in [0.2, 0.25) is 5.88 Å². The molecule has 0 saturated carbocycles. The van der Waals surface area contributed by atoms with Crippen LogP contribution in [0.3, 0.4) is 0 Å². The monoisotopic (exact) mass is 434 g/mol. The lowest BCUT2D eigenvalue weighted by Gasteiger charge is -2.28. The van der Waals surface area contributed by atoms with Crippen molar-refractivity contribution in [1.82, 2.24) is 24.9 Å². The Kier molecular flexibility index (Phi) is 5.12. The minimum Gasteiger partial charge on any atom is -0.475 e. The van der Waals surface area contributed by atoms with Gasteiger partial charge in [-0.1, -0.05) is 6.42 Å². The Labute approximate surface area is 185 Å². The zero-order valence-electron chi connectivity index (χ0n) is 17.9. The molecule has 0 spiro atoms. The van der Waals surface area contributed by atoms with Crippen molar-refractivity contribution < 1.29 is 13.9 Å². The summed E-state index contributed by atoms with van der Waals surface area (Å²) in [7, 11) is 0. The first-order valence-corrected chi connectivity index (χ1v) is 11.3. The minimum absolute atomic E-state index is 0.380. The van der Waals surface area contributed by atoms with Crippen molar-refractivity contribution in [2.45, 2.75) is 25.3 Å². The van der Waals surface area contributed by atoms with Gasteiger partial charge in [0, 0.05) is 31.4 Å². The number of nitrogens with zero attached hydrogens (tertiary/aromatic N) is 5. The number of rotatable bonds is 5. The maximum absolute atomic E-state index is 6.20. The van der Waals surface area contributed by atoms with Gasteiger partial charge in [0.15, 0.2) is 11.4 Å². The summed E-state index contributed by atoms with van der Waals surface area (Å²) in [5.74, 6) is 2.20. The number of morpholine rings is 1. The first-order valence-electron chi connectivity index (χ1n) is 11.3. The molecule has 2 aliphatic rings. The fraction of sp³-hybridized carbons (Fsp3) is 0.435. The van der Waals surface area contributed by atoms with E-state index in [-0.39, 0.29) is 0 Å². The zero-order valence-corrected chi connectivity index (χ0v) is 17.9. The number of fused-ring (bicyclic) bond motifs is 2. The lowest BCUT2D eigenvalue weighted by Crippen LogP contribution is -2.38. The topological polar surface area (TPSA) is 90.0 Å². The maximum atomic E-state index is 6.20. The SMILES string of the molecule is c1cc2oc(-c3cnc4ccc(OCC5CCCCN5)nn34)cc2c(N2CCOCC2)n1. The van der Waals surface area contributed by atoms with Gasteiger partial charge in [-0.15, -0.1) is 5.10 Å². The van der Waals surface area contributed by atoms with Crippen LogP contribution in [-0.4, -0.2) is 65.1 Å². The van der Waals surface area contributed by atoms with E-state index in [1.165, 1.54) is 12.8 Å². The first-order chi connectivity index (χ1) is 15.8. The Bertz CT molecular complexity index is 1220. The third-order valence-electron chi connectivity index (χ3n) is 6.17. The molecule has 6 heterocycles. The van der Waals surface area contributed by atoms with E-state index in [2.05, 4.69) is 25.3 Å². The van der Waals surface area contributed by atoms with Crippen LogP contribution in [-0.2, 0) is 4.74 Å². The Balaban J connectivity index is 1.31. The Hall–Kier alpha value is -3.17. The van der Waals surface area contributed by atoms with E-state index in [4.69, 9.17) is 13.9 Å². The number of hydrogen-bond donors (Lipinski definition) is 1. The van der Waals surface area contributed by atoms with Gasteiger partial charge in [0.1, 0.15) is 23.7 Å². The van der Waals surface area contributed by atoms with Crippen molar-refractivity contribution in [3.05, 3.63) is 36.7 Å². The number of furan rings is 1. The lowest BCUT2D eigenvalue weighted by atomic mass is 10.1. The van der Waals surface area contributed by atoms with Crippen molar-refractivity contribution in [3.63, 3.8) is 0 Å². The predicted molar refractivity (Wildman–Crippen MR) is 120 cm³/mol. The largest absolute Gasteiger partial charge is 0.475 e. The average Bonchev–Trinajstić information content (AvgIpc) is 3.47. The van der Waals surface area contributed by atoms with Crippen molar-refractivity contribution in [1.29, 1.82) is 0 Å². The van der Waals surface area contributed by atoms with Crippen LogP contribution in [0.2, 0.25) is 0 Å². The molecule has 6 rings (SSSR count). The summed E-state index contributed by atoms with van der Waals surface area (Å²) in [4.78, 5) is 11.4. The Morgan fingerprint density at radius 2 is 2.06 bits per heavy atom. The van der Waals surface area contributed by atoms with Crippen LogP contribution in [0, 0.1) is 0 Å². The number of aromatic nitrogens is 4. The zero-order chi connectivity index (χ0) is 21.3. The summed E-state index contributed by atoms with van der Waals surface area (Å²) in [6.45, 7) is 4.72. The third kappa shape index (κ3) is 3.67. The standard InChI is InChI=1S/C23H26N6O3/c1-2-7-24-16(3-1)15-31-22-5-4-21-26-14-18(29(21)27-22)20-13-17-19(32-20)6-8-25-23(17)28-9-11-30-12-10-28/h4-6,8,13-14,16,24H,1-3,7,9-12,15H2. The average molecular weight is 435 g/mol. The summed E-state index contributed by atoms with van der Waals surface area (Å²) in [5.41, 5.74) is 2.32. The van der Waals surface area contributed by atoms with Crippen molar-refractivity contribution in [2.75, 3.05) is 44.4 Å². The molecular weight excluding hydrogens is 408 g/mol. The molecule has 4 aromatic heterocycles. The summed E-state index contributed by atoms with van der Waals surface area (Å²) in [5, 5.41) is 9.16. The molecule has 0 aliphatic carbocycles. The fourth-order valence-corrected chi connectivity index (χ4v) is 4.46. The summed E-state index contributed by atoms with van der Waals surface area (Å²) < 4.78 is 19.5. The van der Waals surface area contributed by atoms with Gasteiger partial charge in [-0.3, -0.25) is 0 Å². The molecule has 0 amide bonds. The molecule has 2 saturated heterocycles. The highest BCUT2D eigenvalue weighted by atomic mass is 16.5. The van der Waals surface area contributed by atoms with Crippen molar-refractivity contribution in [3.8, 4) is 17.3 Å².